The van der Waals surface area contributed by atoms with Crippen LogP contribution in [0.4, 0.5) is 16.2 Å². The van der Waals surface area contributed by atoms with Gasteiger partial charge >= 0.3 is 6.09 Å². The van der Waals surface area contributed by atoms with Crippen LogP contribution in [0.5, 0.6) is 5.75 Å². The van der Waals surface area contributed by atoms with E-state index in [4.69, 9.17) is 23.7 Å². The summed E-state index contributed by atoms with van der Waals surface area (Å²) in [5, 5.41) is 5.27. The lowest BCUT2D eigenvalue weighted by atomic mass is 9.80. The maximum absolute atomic E-state index is 12.3. The van der Waals surface area contributed by atoms with Crippen molar-refractivity contribution in [2.45, 2.75) is 110 Å². The van der Waals surface area contributed by atoms with Gasteiger partial charge in [-0.1, -0.05) is 100.0 Å². The molecule has 0 atom stereocenters. The Balaban J connectivity index is 1.06. The third-order valence-electron chi connectivity index (χ3n) is 14.0. The second-order valence-corrected chi connectivity index (χ2v) is 21.7. The van der Waals surface area contributed by atoms with Crippen molar-refractivity contribution in [3.8, 4) is 5.75 Å². The molecule has 0 saturated carbocycles. The van der Waals surface area contributed by atoms with Crippen molar-refractivity contribution in [3.63, 3.8) is 0 Å². The monoisotopic (exact) mass is 1020 g/mol. The number of anilines is 1. The molecule has 0 radical (unpaired) electrons. The Morgan fingerprint density at radius 1 is 0.740 bits per heavy atom. The fourth-order valence-electron chi connectivity index (χ4n) is 10.4. The van der Waals surface area contributed by atoms with Crippen molar-refractivity contribution < 1.29 is 46.0 Å². The molecule has 392 valence electrons. The van der Waals surface area contributed by atoms with Crippen molar-refractivity contribution in [1.82, 2.24) is 5.32 Å². The van der Waals surface area contributed by atoms with Gasteiger partial charge in [-0.05, 0) is 123 Å². The van der Waals surface area contributed by atoms with E-state index in [2.05, 4.69) is 128 Å². The fraction of sp³-hybridized carbons (Fsp3) is 0.467. The first-order chi connectivity index (χ1) is 35.3. The van der Waals surface area contributed by atoms with Crippen molar-refractivity contribution in [2.24, 2.45) is 0 Å². The van der Waals surface area contributed by atoms with Crippen LogP contribution in [0.25, 0.3) is 10.8 Å². The highest BCUT2D eigenvalue weighted by atomic mass is 32.2. The van der Waals surface area contributed by atoms with E-state index < -0.39 is 16.2 Å². The van der Waals surface area contributed by atoms with Gasteiger partial charge in [0.05, 0.1) is 50.8 Å². The number of hydrogen-bond donors (Lipinski definition) is 2. The lowest BCUT2D eigenvalue weighted by Gasteiger charge is -2.28. The van der Waals surface area contributed by atoms with Gasteiger partial charge in [-0.15, -0.1) is 0 Å². The Hall–Kier alpha value is -5.57. The average molecular weight is 1020 g/mol. The summed E-state index contributed by atoms with van der Waals surface area (Å²) >= 11 is 0. The molecule has 4 aromatic carbocycles. The third-order valence-corrected chi connectivity index (χ3v) is 14.8. The van der Waals surface area contributed by atoms with Crippen LogP contribution in [-0.2, 0) is 39.9 Å². The zero-order chi connectivity index (χ0) is 51.7. The van der Waals surface area contributed by atoms with E-state index in [-0.39, 0.29) is 16.6 Å². The summed E-state index contributed by atoms with van der Waals surface area (Å²) in [6, 6.07) is 31.7. The number of amides is 1. The van der Waals surface area contributed by atoms with Gasteiger partial charge in [0, 0.05) is 60.6 Å². The van der Waals surface area contributed by atoms with Crippen LogP contribution in [0.3, 0.4) is 0 Å². The van der Waals surface area contributed by atoms with Gasteiger partial charge in [0.25, 0.3) is 10.1 Å². The van der Waals surface area contributed by atoms with Crippen molar-refractivity contribution in [1.29, 1.82) is 0 Å². The first kappa shape index (κ1) is 55.2. The summed E-state index contributed by atoms with van der Waals surface area (Å²) in [6.45, 7) is 16.7. The minimum absolute atomic E-state index is 0.252. The van der Waals surface area contributed by atoms with Gasteiger partial charge in [-0.3, -0.25) is 4.55 Å². The zero-order valence-corrected chi connectivity index (χ0v) is 44.7. The predicted octanol–water partition coefficient (Wildman–Crippen LogP) is 12.3. The van der Waals surface area contributed by atoms with E-state index >= 15 is 0 Å². The second kappa shape index (κ2) is 26.6. The number of ether oxygens (including phenoxy) is 5. The van der Waals surface area contributed by atoms with E-state index in [9.17, 15) is 17.8 Å². The molecule has 7 rings (SSSR count). The predicted molar refractivity (Wildman–Crippen MR) is 293 cm³/mol. The maximum atomic E-state index is 12.3. The van der Waals surface area contributed by atoms with E-state index in [0.29, 0.717) is 65.6 Å². The van der Waals surface area contributed by atoms with Crippen LogP contribution >= 0.6 is 0 Å². The molecule has 1 aliphatic carbocycles. The Morgan fingerprint density at radius 3 is 2.23 bits per heavy atom. The molecule has 12 nitrogen and oxygen atoms in total. The van der Waals surface area contributed by atoms with Crippen molar-refractivity contribution in [3.05, 3.63) is 149 Å². The minimum atomic E-state index is -4.03. The van der Waals surface area contributed by atoms with Crippen molar-refractivity contribution in [2.75, 3.05) is 76.5 Å². The van der Waals surface area contributed by atoms with Crippen LogP contribution < -0.4 is 15.0 Å². The molecular formula is C60H78N3O9S+. The first-order valence-electron chi connectivity index (χ1n) is 26.5. The molecule has 1 amide bonds. The number of para-hydroxylation sites is 2. The summed E-state index contributed by atoms with van der Waals surface area (Å²) in [7, 11) is -4.03. The van der Waals surface area contributed by atoms with E-state index in [1.54, 1.807) is 0 Å². The number of rotatable bonds is 28. The molecule has 0 aromatic heterocycles. The van der Waals surface area contributed by atoms with Crippen LogP contribution in [0.15, 0.2) is 138 Å². The molecule has 4 aromatic rings. The maximum Gasteiger partial charge on any atom is 0.407 e. The number of fused-ring (bicyclic) bond motifs is 4. The molecule has 2 aliphatic heterocycles. The Bertz CT molecular complexity index is 2760. The van der Waals surface area contributed by atoms with E-state index in [0.717, 1.165) is 98.6 Å². The number of nitrogens with one attached hydrogen (secondary N) is 1. The number of hydrogen-bond acceptors (Lipinski definition) is 9. The van der Waals surface area contributed by atoms with Gasteiger partial charge < -0.3 is 33.9 Å². The average Bonchev–Trinajstić information content (AvgIpc) is 3.73. The third kappa shape index (κ3) is 14.8. The highest BCUT2D eigenvalue weighted by molar-refractivity contribution is 7.85. The normalized spacial score (nSPS) is 17.3. The smallest absolute Gasteiger partial charge is 0.407 e. The minimum Gasteiger partial charge on any atom is -0.457 e. The lowest BCUT2D eigenvalue weighted by molar-refractivity contribution is -0.438. The molecule has 73 heavy (non-hydrogen) atoms. The highest BCUT2D eigenvalue weighted by Crippen LogP contribution is 2.51. The summed E-state index contributed by atoms with van der Waals surface area (Å²) in [6.07, 6.45) is 17.1. The van der Waals surface area contributed by atoms with Gasteiger partial charge in [0.15, 0.2) is 5.71 Å². The molecule has 0 fully saturated rings. The van der Waals surface area contributed by atoms with E-state index in [1.165, 1.54) is 33.3 Å². The van der Waals surface area contributed by atoms with Gasteiger partial charge in [0.1, 0.15) is 18.1 Å². The Labute approximate surface area is 434 Å². The topological polar surface area (TPSA) is 136 Å². The largest absolute Gasteiger partial charge is 0.457 e. The summed E-state index contributed by atoms with van der Waals surface area (Å²) in [5.41, 5.74) is 8.98. The quantitative estimate of drug-likeness (QED) is 0.0321. The Morgan fingerprint density at radius 2 is 1.45 bits per heavy atom. The number of alkyl carbamates (subject to hydrolysis) is 1. The zero-order valence-electron chi connectivity index (χ0n) is 43.8. The first-order valence-corrected chi connectivity index (χ1v) is 28.1. The molecule has 0 bridgehead atoms. The standard InChI is InChI=1S/C60H77N3O9S/c1-6-38-68-41-43-70-44-42-69-40-35-61-58(64)71-39-18-8-7-16-36-63-53-32-29-46-21-12-13-26-50(46)56(53)60(4,5)55(63)34-31-48-23-20-22-47(57(48)72-49-24-10-9-11-25-49)30-33-54-59(2,3)51-27-14-15-28-52(51)62(54)37-17-19-45-73(65,66)67/h9-15,21,24-34H,6-8,16-20,22-23,35-45H2,1-5H3,(H-,61,64,65,66,67)/p+1. The SMILES string of the molecule is CCCOCCOCCOCCNC(=O)OCCCCCCN1/C(=C/C=C2\CCCC(/C=C/C3=[N+](CCCCS(=O)(=O)O)c4ccccc4C3(C)C)=C2Oc2ccccc2)C(C)(C)c2c1ccc1ccccc21. The molecular weight excluding hydrogens is 939 g/mol. The number of allylic oxidation sites excluding steroid dienone is 7. The van der Waals surface area contributed by atoms with E-state index in [1.807, 2.05) is 36.4 Å². The number of carbonyl (C=O) groups is 1. The number of carbonyl (C=O) groups excluding carboxylic acids is 1. The molecule has 0 saturated heterocycles. The molecule has 3 aliphatic rings. The van der Waals surface area contributed by atoms with Gasteiger partial charge in [-0.2, -0.15) is 13.0 Å². The van der Waals surface area contributed by atoms with Gasteiger partial charge in [0.2, 0.25) is 5.69 Å². The molecule has 2 N–H and O–H groups in total. The molecule has 0 spiro atoms. The fourth-order valence-corrected chi connectivity index (χ4v) is 11.0. The van der Waals surface area contributed by atoms with Crippen LogP contribution in [0.1, 0.15) is 110 Å². The summed E-state index contributed by atoms with van der Waals surface area (Å²) < 4.78 is 63.7. The highest BCUT2D eigenvalue weighted by Gasteiger charge is 2.44. The van der Waals surface area contributed by atoms with Gasteiger partial charge in [-0.25, -0.2) is 4.79 Å². The van der Waals surface area contributed by atoms with Crippen LogP contribution in [0, 0.1) is 0 Å². The number of nitrogens with zero attached hydrogens (tertiary/aromatic N) is 2. The molecule has 0 unspecified atom stereocenters. The second-order valence-electron chi connectivity index (χ2n) is 20.1. The Kier molecular flexibility index (Phi) is 20.1. The summed E-state index contributed by atoms with van der Waals surface area (Å²) in [4.78, 5) is 14.8. The van der Waals surface area contributed by atoms with Crippen LogP contribution in [-0.4, -0.2) is 101 Å². The molecule has 2 heterocycles. The lowest BCUT2D eigenvalue weighted by Crippen LogP contribution is -2.28. The number of unbranched alkanes of at least 4 members (excludes halogenated alkanes) is 4. The molecule has 13 heteroatoms. The number of benzene rings is 4. The van der Waals surface area contributed by atoms with Crippen LogP contribution in [0.2, 0.25) is 0 Å². The summed E-state index contributed by atoms with van der Waals surface area (Å²) in [5.74, 6) is 1.40. The van der Waals surface area contributed by atoms with Crippen molar-refractivity contribution >= 4 is 44.1 Å².